The molecule has 4 rings (SSSR count). The molecule has 2 fully saturated rings. The molecule has 2 aliphatic heterocycles. The number of benzene rings is 2. The van der Waals surface area contributed by atoms with Crippen molar-refractivity contribution in [2.45, 2.75) is 38.3 Å². The number of urea groups is 1. The van der Waals surface area contributed by atoms with Crippen LogP contribution < -0.4 is 16.2 Å². The lowest BCUT2D eigenvalue weighted by atomic mass is 9.86. The highest BCUT2D eigenvalue weighted by atomic mass is 16.2. The van der Waals surface area contributed by atoms with E-state index in [0.717, 1.165) is 38.0 Å². The number of piperidine rings is 1. The van der Waals surface area contributed by atoms with Gasteiger partial charge in [0.1, 0.15) is 0 Å². The Labute approximate surface area is 161 Å². The summed E-state index contributed by atoms with van der Waals surface area (Å²) in [6, 6.07) is 19.2. The van der Waals surface area contributed by atoms with Crippen molar-refractivity contribution in [2.24, 2.45) is 5.92 Å². The van der Waals surface area contributed by atoms with E-state index in [1.54, 1.807) is 0 Å². The molecule has 2 amide bonds. The van der Waals surface area contributed by atoms with Crippen LogP contribution >= 0.6 is 0 Å². The molecule has 0 aromatic heterocycles. The number of rotatable bonds is 3. The minimum absolute atomic E-state index is 0.00907. The van der Waals surface area contributed by atoms with E-state index in [1.165, 1.54) is 11.1 Å². The van der Waals surface area contributed by atoms with E-state index in [2.05, 4.69) is 47.4 Å². The summed E-state index contributed by atoms with van der Waals surface area (Å²) in [5, 5.41) is 2.99. The zero-order chi connectivity index (χ0) is 18.6. The Kier molecular flexibility index (Phi) is 5.41. The van der Waals surface area contributed by atoms with Crippen molar-refractivity contribution in [3.63, 3.8) is 0 Å². The lowest BCUT2D eigenvalue weighted by Crippen LogP contribution is -2.45. The number of hydrazine groups is 1. The summed E-state index contributed by atoms with van der Waals surface area (Å²) in [5.41, 5.74) is 10.5. The van der Waals surface area contributed by atoms with Gasteiger partial charge in [0.05, 0.1) is 0 Å². The average molecular weight is 364 g/mol. The summed E-state index contributed by atoms with van der Waals surface area (Å²) in [6.45, 7) is 3.77. The van der Waals surface area contributed by atoms with Crippen LogP contribution in [0.15, 0.2) is 54.6 Å². The highest BCUT2D eigenvalue weighted by Crippen LogP contribution is 2.31. The van der Waals surface area contributed by atoms with Gasteiger partial charge in [-0.1, -0.05) is 48.0 Å². The van der Waals surface area contributed by atoms with Crippen LogP contribution in [-0.4, -0.2) is 30.1 Å². The van der Waals surface area contributed by atoms with Crippen molar-refractivity contribution < 1.29 is 4.79 Å². The molecule has 0 bridgehead atoms. The van der Waals surface area contributed by atoms with Gasteiger partial charge in [0.2, 0.25) is 0 Å². The van der Waals surface area contributed by atoms with Crippen LogP contribution in [0.4, 0.5) is 10.5 Å². The first-order valence-corrected chi connectivity index (χ1v) is 9.87. The van der Waals surface area contributed by atoms with Gasteiger partial charge in [-0.3, -0.25) is 10.9 Å². The first kappa shape index (κ1) is 18.0. The molecule has 0 spiro atoms. The second-order valence-corrected chi connectivity index (χ2v) is 7.72. The van der Waals surface area contributed by atoms with E-state index in [1.807, 2.05) is 35.2 Å². The highest BCUT2D eigenvalue weighted by molar-refractivity contribution is 5.89. The number of carbonyl (C=O) groups excluding carboxylic acids is 1. The van der Waals surface area contributed by atoms with Gasteiger partial charge in [-0.25, -0.2) is 4.79 Å². The second-order valence-electron chi connectivity index (χ2n) is 7.72. The molecule has 2 aromatic carbocycles. The fraction of sp³-hybridized carbons (Fsp3) is 0.409. The van der Waals surface area contributed by atoms with E-state index in [9.17, 15) is 4.79 Å². The van der Waals surface area contributed by atoms with Crippen molar-refractivity contribution in [3.8, 4) is 0 Å². The lowest BCUT2D eigenvalue weighted by molar-refractivity contribution is 0.169. The van der Waals surface area contributed by atoms with Gasteiger partial charge in [0.15, 0.2) is 0 Å². The van der Waals surface area contributed by atoms with E-state index < -0.39 is 0 Å². The number of nitrogens with zero attached hydrogens (tertiary/aromatic N) is 1. The number of hydrogen-bond acceptors (Lipinski definition) is 3. The molecule has 0 saturated carbocycles. The summed E-state index contributed by atoms with van der Waals surface area (Å²) in [7, 11) is 0. The zero-order valence-corrected chi connectivity index (χ0v) is 15.8. The summed E-state index contributed by atoms with van der Waals surface area (Å²) < 4.78 is 0. The fourth-order valence-electron chi connectivity index (χ4n) is 4.22. The van der Waals surface area contributed by atoms with Crippen LogP contribution in [0.25, 0.3) is 0 Å². The number of likely N-dealkylation sites (tertiary alicyclic amines) is 1. The Morgan fingerprint density at radius 1 is 1.04 bits per heavy atom. The highest BCUT2D eigenvalue weighted by Gasteiger charge is 2.34. The van der Waals surface area contributed by atoms with Crippen molar-refractivity contribution in [1.82, 2.24) is 15.8 Å². The molecular weight excluding hydrogens is 336 g/mol. The van der Waals surface area contributed by atoms with Gasteiger partial charge in [-0.2, -0.15) is 0 Å². The molecule has 27 heavy (non-hydrogen) atoms. The number of anilines is 1. The lowest BCUT2D eigenvalue weighted by Gasteiger charge is -2.34. The molecule has 5 nitrogen and oxygen atoms in total. The fourth-order valence-corrected chi connectivity index (χ4v) is 4.22. The Bertz CT molecular complexity index is 771. The van der Waals surface area contributed by atoms with Gasteiger partial charge >= 0.3 is 6.03 Å². The summed E-state index contributed by atoms with van der Waals surface area (Å²) in [5.74, 6) is 0.605. The normalized spacial score (nSPS) is 23.4. The number of amides is 2. The van der Waals surface area contributed by atoms with E-state index in [0.29, 0.717) is 18.0 Å². The van der Waals surface area contributed by atoms with Crippen molar-refractivity contribution in [3.05, 3.63) is 65.7 Å². The molecule has 2 atom stereocenters. The summed E-state index contributed by atoms with van der Waals surface area (Å²) in [4.78, 5) is 14.4. The Hall–Kier alpha value is -2.37. The Morgan fingerprint density at radius 2 is 1.81 bits per heavy atom. The van der Waals surface area contributed by atoms with E-state index in [-0.39, 0.29) is 6.03 Å². The SMILES string of the molecule is Cc1cccc(C2CC(C3CCN(C(=O)Nc4ccccc4)CC3)NN2)c1. The van der Waals surface area contributed by atoms with Crippen molar-refractivity contribution in [1.29, 1.82) is 0 Å². The van der Waals surface area contributed by atoms with Gasteiger partial charge in [0, 0.05) is 30.9 Å². The third kappa shape index (κ3) is 4.31. The Balaban J connectivity index is 1.28. The van der Waals surface area contributed by atoms with Crippen LogP contribution in [0, 0.1) is 12.8 Å². The number of hydrogen-bond donors (Lipinski definition) is 3. The minimum Gasteiger partial charge on any atom is -0.325 e. The van der Waals surface area contributed by atoms with Gasteiger partial charge in [-0.05, 0) is 49.8 Å². The quantitative estimate of drug-likeness (QED) is 0.775. The molecule has 2 unspecified atom stereocenters. The first-order valence-electron chi connectivity index (χ1n) is 9.87. The molecule has 142 valence electrons. The summed E-state index contributed by atoms with van der Waals surface area (Å²) >= 11 is 0. The number of para-hydroxylation sites is 1. The van der Waals surface area contributed by atoms with Gasteiger partial charge < -0.3 is 10.2 Å². The molecular formula is C22H28N4O. The molecule has 5 heteroatoms. The maximum absolute atomic E-state index is 12.5. The third-order valence-electron chi connectivity index (χ3n) is 5.80. The Morgan fingerprint density at radius 3 is 2.56 bits per heavy atom. The maximum atomic E-state index is 12.5. The molecule has 2 aromatic rings. The van der Waals surface area contributed by atoms with Crippen LogP contribution in [0.5, 0.6) is 0 Å². The molecule has 2 heterocycles. The van der Waals surface area contributed by atoms with E-state index in [4.69, 9.17) is 0 Å². The van der Waals surface area contributed by atoms with Gasteiger partial charge in [-0.15, -0.1) is 0 Å². The van der Waals surface area contributed by atoms with Crippen molar-refractivity contribution in [2.75, 3.05) is 18.4 Å². The van der Waals surface area contributed by atoms with Crippen LogP contribution in [0.1, 0.15) is 36.4 Å². The predicted octanol–water partition coefficient (Wildman–Crippen LogP) is 3.85. The molecule has 0 radical (unpaired) electrons. The maximum Gasteiger partial charge on any atom is 0.321 e. The minimum atomic E-state index is 0.00907. The van der Waals surface area contributed by atoms with Crippen LogP contribution in [-0.2, 0) is 0 Å². The molecule has 3 N–H and O–H groups in total. The van der Waals surface area contributed by atoms with E-state index >= 15 is 0 Å². The number of nitrogens with one attached hydrogen (secondary N) is 3. The first-order chi connectivity index (χ1) is 13.2. The molecule has 2 aliphatic rings. The van der Waals surface area contributed by atoms with Crippen LogP contribution in [0.3, 0.4) is 0 Å². The smallest absolute Gasteiger partial charge is 0.321 e. The largest absolute Gasteiger partial charge is 0.325 e. The van der Waals surface area contributed by atoms with Crippen molar-refractivity contribution >= 4 is 11.7 Å². The third-order valence-corrected chi connectivity index (χ3v) is 5.80. The molecule has 2 saturated heterocycles. The predicted molar refractivity (Wildman–Crippen MR) is 108 cm³/mol. The standard InChI is InChI=1S/C22H28N4O/c1-16-6-5-7-18(14-16)21-15-20(24-25-21)17-10-12-26(13-11-17)22(27)23-19-8-3-2-4-9-19/h2-9,14,17,20-21,24-25H,10-13,15H2,1H3,(H,23,27). The van der Waals surface area contributed by atoms with Crippen LogP contribution in [0.2, 0.25) is 0 Å². The zero-order valence-electron chi connectivity index (χ0n) is 15.8. The molecule has 0 aliphatic carbocycles. The average Bonchev–Trinajstić information content (AvgIpc) is 3.19. The number of carbonyl (C=O) groups is 1. The monoisotopic (exact) mass is 364 g/mol. The second kappa shape index (κ2) is 8.11. The van der Waals surface area contributed by atoms with Gasteiger partial charge in [0.25, 0.3) is 0 Å². The summed E-state index contributed by atoms with van der Waals surface area (Å²) in [6.07, 6.45) is 3.19. The number of aryl methyl sites for hydroxylation is 1. The topological polar surface area (TPSA) is 56.4 Å².